The van der Waals surface area contributed by atoms with Crippen molar-refractivity contribution in [3.05, 3.63) is 87.0 Å². The van der Waals surface area contributed by atoms with Gasteiger partial charge in [-0.2, -0.15) is 0 Å². The molecule has 0 N–H and O–H groups in total. The van der Waals surface area contributed by atoms with Crippen LogP contribution >= 0.6 is 27.5 Å². The molecule has 1 aliphatic rings. The molecule has 0 spiro atoms. The van der Waals surface area contributed by atoms with E-state index in [1.54, 1.807) is 23.1 Å². The van der Waals surface area contributed by atoms with Gasteiger partial charge in [-0.15, -0.1) is 0 Å². The lowest BCUT2D eigenvalue weighted by atomic mass is 10.2. The van der Waals surface area contributed by atoms with Gasteiger partial charge in [0.15, 0.2) is 5.76 Å². The molecule has 0 unspecified atom stereocenters. The SMILES string of the molecule is O=C(c1ccc(COc2ccc(Br)cc2)o1)N1CCN(Cc2ccc(F)cc2Cl)CC1. The molecule has 0 saturated carbocycles. The van der Waals surface area contributed by atoms with Crippen molar-refractivity contribution in [1.82, 2.24) is 9.80 Å². The van der Waals surface area contributed by atoms with Gasteiger partial charge in [0.25, 0.3) is 5.91 Å². The molecule has 0 atom stereocenters. The van der Waals surface area contributed by atoms with Crippen molar-refractivity contribution in [2.24, 2.45) is 0 Å². The average Bonchev–Trinajstić information content (AvgIpc) is 3.24. The predicted molar refractivity (Wildman–Crippen MR) is 120 cm³/mol. The highest BCUT2D eigenvalue weighted by molar-refractivity contribution is 9.10. The normalized spacial score (nSPS) is 14.6. The summed E-state index contributed by atoms with van der Waals surface area (Å²) in [4.78, 5) is 16.8. The van der Waals surface area contributed by atoms with Crippen LogP contribution in [0.5, 0.6) is 5.75 Å². The minimum Gasteiger partial charge on any atom is -0.486 e. The first kappa shape index (κ1) is 21.9. The Balaban J connectivity index is 1.28. The number of amides is 1. The number of benzene rings is 2. The van der Waals surface area contributed by atoms with Gasteiger partial charge in [-0.1, -0.05) is 33.6 Å². The Kier molecular flexibility index (Phi) is 6.95. The maximum Gasteiger partial charge on any atom is 0.289 e. The number of rotatable bonds is 6. The largest absolute Gasteiger partial charge is 0.486 e. The van der Waals surface area contributed by atoms with Crippen LogP contribution in [0.15, 0.2) is 63.5 Å². The Hall–Kier alpha value is -2.35. The Bertz CT molecular complexity index is 1050. The second-order valence-corrected chi connectivity index (χ2v) is 8.64. The summed E-state index contributed by atoms with van der Waals surface area (Å²) in [7, 11) is 0. The van der Waals surface area contributed by atoms with Crippen LogP contribution < -0.4 is 4.74 Å². The fourth-order valence-electron chi connectivity index (χ4n) is 3.41. The summed E-state index contributed by atoms with van der Waals surface area (Å²) in [6.45, 7) is 3.46. The van der Waals surface area contributed by atoms with Crippen LogP contribution in [0.1, 0.15) is 21.9 Å². The Labute approximate surface area is 193 Å². The summed E-state index contributed by atoms with van der Waals surface area (Å²) in [5.74, 6) is 1.16. The van der Waals surface area contributed by atoms with Gasteiger partial charge < -0.3 is 14.1 Å². The van der Waals surface area contributed by atoms with E-state index in [1.165, 1.54) is 12.1 Å². The van der Waals surface area contributed by atoms with Crippen molar-refractivity contribution in [3.8, 4) is 5.75 Å². The van der Waals surface area contributed by atoms with Crippen molar-refractivity contribution >= 4 is 33.4 Å². The van der Waals surface area contributed by atoms with Gasteiger partial charge in [0, 0.05) is 42.2 Å². The molecule has 5 nitrogen and oxygen atoms in total. The summed E-state index contributed by atoms with van der Waals surface area (Å²) in [5, 5.41) is 0.423. The van der Waals surface area contributed by atoms with Crippen LogP contribution in [0.25, 0.3) is 0 Å². The molecule has 0 radical (unpaired) electrons. The molecule has 2 aromatic carbocycles. The van der Waals surface area contributed by atoms with E-state index in [0.717, 1.165) is 15.8 Å². The third-order valence-corrected chi connectivity index (χ3v) is 6.02. The molecule has 8 heteroatoms. The van der Waals surface area contributed by atoms with E-state index in [0.29, 0.717) is 49.3 Å². The second kappa shape index (κ2) is 9.85. The van der Waals surface area contributed by atoms with E-state index in [4.69, 9.17) is 20.8 Å². The average molecular weight is 508 g/mol. The van der Waals surface area contributed by atoms with E-state index in [-0.39, 0.29) is 18.3 Å². The van der Waals surface area contributed by atoms with Crippen molar-refractivity contribution in [3.63, 3.8) is 0 Å². The highest BCUT2D eigenvalue weighted by atomic mass is 79.9. The lowest BCUT2D eigenvalue weighted by molar-refractivity contribution is 0.0594. The van der Waals surface area contributed by atoms with Crippen molar-refractivity contribution in [2.45, 2.75) is 13.2 Å². The minimum atomic E-state index is -0.343. The standard InChI is InChI=1S/C23H21BrClFN2O3/c24-17-2-5-19(6-3-17)30-15-20-7-8-22(31-20)23(29)28-11-9-27(10-12-28)14-16-1-4-18(26)13-21(16)25/h1-8,13H,9-12,14-15H2. The molecule has 1 saturated heterocycles. The van der Waals surface area contributed by atoms with Gasteiger partial charge in [0.1, 0.15) is 23.9 Å². The highest BCUT2D eigenvalue weighted by Crippen LogP contribution is 2.21. The van der Waals surface area contributed by atoms with Crippen molar-refractivity contribution in [2.75, 3.05) is 26.2 Å². The lowest BCUT2D eigenvalue weighted by Crippen LogP contribution is -2.48. The molecule has 4 rings (SSSR count). The lowest BCUT2D eigenvalue weighted by Gasteiger charge is -2.34. The zero-order chi connectivity index (χ0) is 21.8. The molecule has 162 valence electrons. The molecule has 2 heterocycles. The molecule has 0 aliphatic carbocycles. The van der Waals surface area contributed by atoms with Crippen LogP contribution in [-0.2, 0) is 13.2 Å². The molecular weight excluding hydrogens is 487 g/mol. The number of halogens is 3. The van der Waals surface area contributed by atoms with E-state index >= 15 is 0 Å². The molecular formula is C23H21BrClFN2O3. The second-order valence-electron chi connectivity index (χ2n) is 7.31. The number of hydrogen-bond acceptors (Lipinski definition) is 4. The van der Waals surface area contributed by atoms with Crippen molar-refractivity contribution < 1.29 is 18.3 Å². The summed E-state index contributed by atoms with van der Waals surface area (Å²) >= 11 is 9.51. The first-order valence-electron chi connectivity index (χ1n) is 9.90. The Morgan fingerprint density at radius 3 is 2.52 bits per heavy atom. The third kappa shape index (κ3) is 5.67. The molecule has 1 amide bonds. The van der Waals surface area contributed by atoms with Gasteiger partial charge >= 0.3 is 0 Å². The zero-order valence-electron chi connectivity index (χ0n) is 16.7. The summed E-state index contributed by atoms with van der Waals surface area (Å²) < 4.78 is 25.6. The fourth-order valence-corrected chi connectivity index (χ4v) is 3.90. The highest BCUT2D eigenvalue weighted by Gasteiger charge is 2.24. The van der Waals surface area contributed by atoms with Gasteiger partial charge in [0.05, 0.1) is 0 Å². The number of furan rings is 1. The third-order valence-electron chi connectivity index (χ3n) is 5.14. The molecule has 31 heavy (non-hydrogen) atoms. The maximum atomic E-state index is 13.2. The number of hydrogen-bond donors (Lipinski definition) is 0. The van der Waals surface area contributed by atoms with Gasteiger partial charge in [0.2, 0.25) is 0 Å². The predicted octanol–water partition coefficient (Wildman–Crippen LogP) is 5.37. The number of nitrogens with zero attached hydrogens (tertiary/aromatic N) is 2. The Morgan fingerprint density at radius 2 is 1.81 bits per heavy atom. The van der Waals surface area contributed by atoms with Crippen LogP contribution in [0, 0.1) is 5.82 Å². The topological polar surface area (TPSA) is 45.9 Å². The quantitative estimate of drug-likeness (QED) is 0.450. The number of piperazine rings is 1. The van der Waals surface area contributed by atoms with E-state index in [1.807, 2.05) is 24.3 Å². The van der Waals surface area contributed by atoms with Crippen LogP contribution in [0.3, 0.4) is 0 Å². The first-order chi connectivity index (χ1) is 15.0. The number of ether oxygens (including phenoxy) is 1. The monoisotopic (exact) mass is 506 g/mol. The Morgan fingerprint density at radius 1 is 1.06 bits per heavy atom. The van der Waals surface area contributed by atoms with Crippen LogP contribution in [0.2, 0.25) is 5.02 Å². The fraction of sp³-hybridized carbons (Fsp3) is 0.261. The van der Waals surface area contributed by atoms with E-state index in [9.17, 15) is 9.18 Å². The van der Waals surface area contributed by atoms with Gasteiger partial charge in [-0.05, 0) is 54.1 Å². The molecule has 1 fully saturated rings. The van der Waals surface area contributed by atoms with Gasteiger partial charge in [-0.3, -0.25) is 9.69 Å². The first-order valence-corrected chi connectivity index (χ1v) is 11.1. The van der Waals surface area contributed by atoms with Crippen molar-refractivity contribution in [1.29, 1.82) is 0 Å². The zero-order valence-corrected chi connectivity index (χ0v) is 19.0. The summed E-state index contributed by atoms with van der Waals surface area (Å²) in [6, 6.07) is 15.4. The summed E-state index contributed by atoms with van der Waals surface area (Å²) in [5.41, 5.74) is 0.879. The smallest absolute Gasteiger partial charge is 0.289 e. The van der Waals surface area contributed by atoms with E-state index in [2.05, 4.69) is 20.8 Å². The van der Waals surface area contributed by atoms with Gasteiger partial charge in [-0.25, -0.2) is 4.39 Å². The summed E-state index contributed by atoms with van der Waals surface area (Å²) in [6.07, 6.45) is 0. The molecule has 0 bridgehead atoms. The number of carbonyl (C=O) groups excluding carboxylic acids is 1. The van der Waals surface area contributed by atoms with E-state index < -0.39 is 0 Å². The number of carbonyl (C=O) groups is 1. The molecule has 1 aromatic heterocycles. The van der Waals surface area contributed by atoms with Crippen LogP contribution in [-0.4, -0.2) is 41.9 Å². The minimum absolute atomic E-state index is 0.130. The molecule has 1 aliphatic heterocycles. The van der Waals surface area contributed by atoms with Crippen LogP contribution in [0.4, 0.5) is 4.39 Å². The maximum absolute atomic E-state index is 13.2. The molecule has 3 aromatic rings.